The molecule has 1 heterocycles. The Bertz CT molecular complexity index is 596. The maximum atomic E-state index is 11.9. The molecule has 0 aliphatic carbocycles. The summed E-state index contributed by atoms with van der Waals surface area (Å²) >= 11 is 1.60. The maximum absolute atomic E-state index is 11.9. The summed E-state index contributed by atoms with van der Waals surface area (Å²) in [4.78, 5) is 24.7. The molecule has 1 aromatic carbocycles. The number of nitrogens with one attached hydrogen (secondary N) is 2. The highest BCUT2D eigenvalue weighted by atomic mass is 32.1. The molecule has 2 rings (SSSR count). The van der Waals surface area contributed by atoms with Crippen LogP contribution in [-0.2, 0) is 16.1 Å². The molecule has 0 aliphatic heterocycles. The zero-order valence-corrected chi connectivity index (χ0v) is 13.4. The first-order valence-electron chi connectivity index (χ1n) is 7.28. The third-order valence-electron chi connectivity index (χ3n) is 3.30. The summed E-state index contributed by atoms with van der Waals surface area (Å²) in [6.45, 7) is 2.46. The SMILES string of the molecule is CC(NC(=O)CCC(=O)NCc1cccs1)c1ccccc1. The number of amides is 2. The molecule has 0 spiro atoms. The van der Waals surface area contributed by atoms with E-state index >= 15 is 0 Å². The fourth-order valence-corrected chi connectivity index (χ4v) is 2.70. The zero-order chi connectivity index (χ0) is 15.8. The van der Waals surface area contributed by atoms with Crippen molar-refractivity contribution >= 4 is 23.2 Å². The van der Waals surface area contributed by atoms with Gasteiger partial charge >= 0.3 is 0 Å². The number of benzene rings is 1. The molecule has 0 radical (unpaired) electrons. The van der Waals surface area contributed by atoms with Crippen LogP contribution in [-0.4, -0.2) is 11.8 Å². The predicted molar refractivity (Wildman–Crippen MR) is 88.4 cm³/mol. The molecule has 116 valence electrons. The van der Waals surface area contributed by atoms with Gasteiger partial charge in [-0.15, -0.1) is 11.3 Å². The third kappa shape index (κ3) is 5.33. The second-order valence-corrected chi connectivity index (χ2v) is 6.09. The van der Waals surface area contributed by atoms with Gasteiger partial charge in [-0.3, -0.25) is 9.59 Å². The molecule has 1 unspecified atom stereocenters. The summed E-state index contributed by atoms with van der Waals surface area (Å²) in [5.41, 5.74) is 1.05. The van der Waals surface area contributed by atoms with Crippen LogP contribution in [0.3, 0.4) is 0 Å². The summed E-state index contributed by atoms with van der Waals surface area (Å²) in [6, 6.07) is 13.6. The fraction of sp³-hybridized carbons (Fsp3) is 0.294. The molecule has 22 heavy (non-hydrogen) atoms. The molecule has 0 fully saturated rings. The van der Waals surface area contributed by atoms with E-state index in [1.807, 2.05) is 54.8 Å². The van der Waals surface area contributed by atoms with E-state index in [1.54, 1.807) is 11.3 Å². The first kappa shape index (κ1) is 16.2. The minimum atomic E-state index is -0.109. The Morgan fingerprint density at radius 1 is 1.05 bits per heavy atom. The van der Waals surface area contributed by atoms with Crippen LogP contribution in [0.1, 0.15) is 36.2 Å². The Morgan fingerprint density at radius 2 is 1.77 bits per heavy atom. The number of carbonyl (C=O) groups excluding carboxylic acids is 2. The molecular weight excluding hydrogens is 296 g/mol. The lowest BCUT2D eigenvalue weighted by Crippen LogP contribution is -2.29. The molecule has 0 bridgehead atoms. The van der Waals surface area contributed by atoms with Crippen molar-refractivity contribution in [1.82, 2.24) is 10.6 Å². The average molecular weight is 316 g/mol. The Morgan fingerprint density at radius 3 is 2.45 bits per heavy atom. The summed E-state index contributed by atoms with van der Waals surface area (Å²) in [5.74, 6) is -0.210. The van der Waals surface area contributed by atoms with Crippen molar-refractivity contribution in [2.24, 2.45) is 0 Å². The van der Waals surface area contributed by atoms with Gasteiger partial charge in [-0.05, 0) is 23.9 Å². The number of rotatable bonds is 7. The lowest BCUT2D eigenvalue weighted by Gasteiger charge is -2.14. The van der Waals surface area contributed by atoms with E-state index in [4.69, 9.17) is 0 Å². The van der Waals surface area contributed by atoms with E-state index in [0.29, 0.717) is 6.54 Å². The lowest BCUT2D eigenvalue weighted by atomic mass is 10.1. The molecule has 0 saturated carbocycles. The Balaban J connectivity index is 1.67. The van der Waals surface area contributed by atoms with Crippen LogP contribution in [0.2, 0.25) is 0 Å². The molecule has 2 N–H and O–H groups in total. The van der Waals surface area contributed by atoms with E-state index in [2.05, 4.69) is 10.6 Å². The van der Waals surface area contributed by atoms with Gasteiger partial charge in [-0.2, -0.15) is 0 Å². The number of hydrogen-bond donors (Lipinski definition) is 2. The highest BCUT2D eigenvalue weighted by Gasteiger charge is 2.11. The van der Waals surface area contributed by atoms with Crippen LogP contribution in [0.4, 0.5) is 0 Å². The number of hydrogen-bond acceptors (Lipinski definition) is 3. The lowest BCUT2D eigenvalue weighted by molar-refractivity contribution is -0.126. The zero-order valence-electron chi connectivity index (χ0n) is 12.5. The number of carbonyl (C=O) groups is 2. The number of thiophene rings is 1. The monoisotopic (exact) mass is 316 g/mol. The molecule has 0 aliphatic rings. The van der Waals surface area contributed by atoms with Gasteiger partial charge in [-0.1, -0.05) is 36.4 Å². The third-order valence-corrected chi connectivity index (χ3v) is 4.17. The van der Waals surface area contributed by atoms with Crippen molar-refractivity contribution in [2.45, 2.75) is 32.4 Å². The van der Waals surface area contributed by atoms with Crippen LogP contribution in [0.5, 0.6) is 0 Å². The molecule has 1 aromatic heterocycles. The first-order chi connectivity index (χ1) is 10.6. The van der Waals surface area contributed by atoms with E-state index in [0.717, 1.165) is 10.4 Å². The summed E-state index contributed by atoms with van der Waals surface area (Å²) < 4.78 is 0. The molecule has 1 atom stereocenters. The van der Waals surface area contributed by atoms with Crippen LogP contribution in [0.25, 0.3) is 0 Å². The van der Waals surface area contributed by atoms with Gasteiger partial charge in [0, 0.05) is 17.7 Å². The van der Waals surface area contributed by atoms with Crippen molar-refractivity contribution < 1.29 is 9.59 Å². The first-order valence-corrected chi connectivity index (χ1v) is 8.16. The van der Waals surface area contributed by atoms with E-state index in [-0.39, 0.29) is 30.7 Å². The maximum Gasteiger partial charge on any atom is 0.220 e. The van der Waals surface area contributed by atoms with Gasteiger partial charge in [0.25, 0.3) is 0 Å². The molecule has 2 aromatic rings. The smallest absolute Gasteiger partial charge is 0.220 e. The van der Waals surface area contributed by atoms with Gasteiger partial charge < -0.3 is 10.6 Å². The summed E-state index contributed by atoms with van der Waals surface area (Å²) in [5, 5.41) is 7.69. The standard InChI is InChI=1S/C17H20N2O2S/c1-13(14-6-3-2-4-7-14)19-17(21)10-9-16(20)18-12-15-8-5-11-22-15/h2-8,11,13H,9-10,12H2,1H3,(H,18,20)(H,19,21). The second-order valence-electron chi connectivity index (χ2n) is 5.06. The fourth-order valence-electron chi connectivity index (χ4n) is 2.05. The Kier molecular flexibility index (Phi) is 6.15. The van der Waals surface area contributed by atoms with Gasteiger partial charge in [0.05, 0.1) is 12.6 Å². The molecule has 4 nitrogen and oxygen atoms in total. The normalized spacial score (nSPS) is 11.7. The van der Waals surface area contributed by atoms with Crippen LogP contribution in [0.15, 0.2) is 47.8 Å². The van der Waals surface area contributed by atoms with Crippen LogP contribution < -0.4 is 10.6 Å². The molecule has 5 heteroatoms. The van der Waals surface area contributed by atoms with Crippen molar-refractivity contribution in [3.05, 3.63) is 58.3 Å². The Labute approximate surface area is 134 Å². The van der Waals surface area contributed by atoms with E-state index in [9.17, 15) is 9.59 Å². The minimum absolute atomic E-state index is 0.0529. The molecule has 0 saturated heterocycles. The topological polar surface area (TPSA) is 58.2 Å². The molecular formula is C17H20N2O2S. The highest BCUT2D eigenvalue weighted by molar-refractivity contribution is 7.09. The summed E-state index contributed by atoms with van der Waals surface area (Å²) in [7, 11) is 0. The van der Waals surface area contributed by atoms with E-state index in [1.165, 1.54) is 0 Å². The van der Waals surface area contributed by atoms with Gasteiger partial charge in [0.2, 0.25) is 11.8 Å². The van der Waals surface area contributed by atoms with Gasteiger partial charge in [0.15, 0.2) is 0 Å². The minimum Gasteiger partial charge on any atom is -0.351 e. The van der Waals surface area contributed by atoms with Crippen molar-refractivity contribution in [2.75, 3.05) is 0 Å². The van der Waals surface area contributed by atoms with Crippen LogP contribution >= 0.6 is 11.3 Å². The van der Waals surface area contributed by atoms with Gasteiger partial charge in [-0.25, -0.2) is 0 Å². The molecule has 2 amide bonds. The second kappa shape index (κ2) is 8.34. The quantitative estimate of drug-likeness (QED) is 0.825. The average Bonchev–Trinajstić information content (AvgIpc) is 3.05. The summed E-state index contributed by atoms with van der Waals surface area (Å²) in [6.07, 6.45) is 0.409. The Hall–Kier alpha value is -2.14. The largest absolute Gasteiger partial charge is 0.351 e. The van der Waals surface area contributed by atoms with Crippen molar-refractivity contribution in [3.8, 4) is 0 Å². The predicted octanol–water partition coefficient (Wildman–Crippen LogP) is 3.02. The highest BCUT2D eigenvalue weighted by Crippen LogP contribution is 2.11. The van der Waals surface area contributed by atoms with Gasteiger partial charge in [0.1, 0.15) is 0 Å². The van der Waals surface area contributed by atoms with Crippen molar-refractivity contribution in [3.63, 3.8) is 0 Å². The van der Waals surface area contributed by atoms with Crippen LogP contribution in [0, 0.1) is 0 Å². The van der Waals surface area contributed by atoms with Crippen molar-refractivity contribution in [1.29, 1.82) is 0 Å². The van der Waals surface area contributed by atoms with E-state index < -0.39 is 0 Å².